The van der Waals surface area contributed by atoms with E-state index in [0.717, 1.165) is 11.3 Å². The second kappa shape index (κ2) is 21.2. The maximum absolute atomic E-state index is 14.7. The quantitative estimate of drug-likeness (QED) is 0.0627. The van der Waals surface area contributed by atoms with Gasteiger partial charge in [0.15, 0.2) is 5.75 Å². The van der Waals surface area contributed by atoms with Crippen LogP contribution in [0.15, 0.2) is 65.5 Å². The van der Waals surface area contributed by atoms with Gasteiger partial charge in [0.1, 0.15) is 29.1 Å². The van der Waals surface area contributed by atoms with Crippen LogP contribution in [0.4, 0.5) is 5.69 Å². The Morgan fingerprint density at radius 1 is 0.899 bits per heavy atom. The summed E-state index contributed by atoms with van der Waals surface area (Å²) in [7, 11) is 3.06. The molecule has 0 saturated carbocycles. The molecule has 0 aliphatic carbocycles. The van der Waals surface area contributed by atoms with E-state index in [4.69, 9.17) is 28.8 Å². The van der Waals surface area contributed by atoms with Gasteiger partial charge >= 0.3 is 11.8 Å². The number of aliphatic hydroxyl groups excluding tert-OH is 2. The zero-order valence-electron chi connectivity index (χ0n) is 41.5. The van der Waals surface area contributed by atoms with E-state index in [1.54, 1.807) is 47.0 Å². The zero-order valence-corrected chi connectivity index (χ0v) is 41.5. The number of methoxy groups -OCH3 is 2. The van der Waals surface area contributed by atoms with Crippen LogP contribution < -0.4 is 14.8 Å². The zero-order chi connectivity index (χ0) is 50.8. The number of phenolic OH excluding ortho intramolecular Hbond substituents is 3. The smallest absolute Gasteiger partial charge is 0.312 e. The predicted octanol–water partition coefficient (Wildman–Crippen LogP) is 6.69. The van der Waals surface area contributed by atoms with Gasteiger partial charge in [0.25, 0.3) is 11.7 Å². The normalized spacial score (nSPS) is 29.5. The number of anilines is 1. The van der Waals surface area contributed by atoms with Crippen molar-refractivity contribution in [2.75, 3.05) is 32.6 Å². The minimum atomic E-state index is -2.07. The summed E-state index contributed by atoms with van der Waals surface area (Å²) in [5.41, 5.74) is 0.686. The molecule has 1 saturated heterocycles. The number of amides is 1. The molecule has 3 aromatic rings. The Morgan fingerprint density at radius 3 is 2.16 bits per heavy atom. The van der Waals surface area contributed by atoms with Crippen molar-refractivity contribution in [3.63, 3.8) is 0 Å². The number of aromatic hydroxyl groups is 3. The fourth-order valence-electron chi connectivity index (χ4n) is 9.77. The molecular formula is C52H68N4O13. The number of fused-ring (bicyclic) bond motifs is 14. The number of nitrogens with zero attached hydrogens (tertiary/aromatic N) is 3. The molecule has 3 aromatic carbocycles. The molecule has 11 unspecified atom stereocenters. The number of aliphatic hydroxyl groups is 2. The summed E-state index contributed by atoms with van der Waals surface area (Å²) in [4.78, 5) is 43.4. The van der Waals surface area contributed by atoms with Crippen LogP contribution in [-0.2, 0) is 30.3 Å². The number of ether oxygens (including phenoxy) is 5. The van der Waals surface area contributed by atoms with Gasteiger partial charge in [0.05, 0.1) is 72.2 Å². The first-order valence-corrected chi connectivity index (χ1v) is 23.3. The van der Waals surface area contributed by atoms with Gasteiger partial charge in [-0.15, -0.1) is 0 Å². The molecule has 4 heterocycles. The second-order valence-electron chi connectivity index (χ2n) is 19.0. The SMILES string of the molecule is COc1ccc(CN2CC(C)N(N=Cc3c4c(O)c5c(O)c(C)c6c(c5c3O)C(=O)C(C)(OC=CC(OC)C(C)C(OC(C)=O)C(C)C(O)C(C)C(O)C(C)C=CC=C(C)C(=O)N4)O6)C(C)C2)cc1. The van der Waals surface area contributed by atoms with Gasteiger partial charge in [-0.1, -0.05) is 58.1 Å². The summed E-state index contributed by atoms with van der Waals surface area (Å²) < 4.78 is 29.1. The van der Waals surface area contributed by atoms with Crippen LogP contribution in [0.5, 0.6) is 28.7 Å². The number of allylic oxidation sites excluding steroid dienone is 2. The van der Waals surface area contributed by atoms with Gasteiger partial charge in [-0.05, 0) is 51.5 Å². The summed E-state index contributed by atoms with van der Waals surface area (Å²) in [6.45, 7) is 18.5. The summed E-state index contributed by atoms with van der Waals surface area (Å²) in [5.74, 6) is -7.76. The molecule has 11 atom stereocenters. The minimum Gasteiger partial charge on any atom is -0.507 e. The lowest BCUT2D eigenvalue weighted by Crippen LogP contribution is -2.54. The third kappa shape index (κ3) is 10.6. The van der Waals surface area contributed by atoms with Crippen molar-refractivity contribution in [2.24, 2.45) is 28.8 Å². The Hall–Kier alpha value is -6.14. The van der Waals surface area contributed by atoms with Crippen LogP contribution in [0.2, 0.25) is 0 Å². The number of rotatable bonds is 7. The molecule has 0 aromatic heterocycles. The number of piperazine rings is 1. The van der Waals surface area contributed by atoms with Gasteiger partial charge in [-0.25, -0.2) is 0 Å². The lowest BCUT2D eigenvalue weighted by molar-refractivity contribution is -0.160. The van der Waals surface area contributed by atoms with E-state index in [9.17, 15) is 39.9 Å². The molecule has 0 spiro atoms. The summed E-state index contributed by atoms with van der Waals surface area (Å²) in [6.07, 6.45) is 4.84. The molecule has 1 amide bonds. The van der Waals surface area contributed by atoms with Gasteiger partial charge in [0.2, 0.25) is 0 Å². The lowest BCUT2D eigenvalue weighted by Gasteiger charge is -2.42. The monoisotopic (exact) mass is 956 g/mol. The standard InChI is InChI=1S/C52H68N4O13/c1-26-14-13-15-27(2)51(64)54-42-37(22-53-56-28(3)23-55(24-29(56)4)25-35-16-18-36(65-11)19-17-35)46(61)39-40(47(42)62)45(60)33(8)49-41(39)50(63)52(10,69-49)67-21-20-38(66-12)30(5)48(68-34(9)57)32(7)44(59)31(6)43(26)58/h13-22,26,28-32,38,43-44,48,58-62H,23-25H2,1-12H3,(H,54,64). The van der Waals surface area contributed by atoms with Gasteiger partial charge in [-0.2, -0.15) is 5.10 Å². The Labute approximate surface area is 403 Å². The van der Waals surface area contributed by atoms with Crippen molar-refractivity contribution in [1.82, 2.24) is 9.91 Å². The Morgan fingerprint density at radius 2 is 1.55 bits per heavy atom. The largest absolute Gasteiger partial charge is 0.507 e. The van der Waals surface area contributed by atoms with Crippen LogP contribution in [0.3, 0.4) is 0 Å². The van der Waals surface area contributed by atoms with Crippen molar-refractivity contribution < 1.29 is 63.6 Å². The van der Waals surface area contributed by atoms with Crippen LogP contribution >= 0.6 is 0 Å². The van der Waals surface area contributed by atoms with Gasteiger partial charge in [0, 0.05) is 80.8 Å². The first kappa shape index (κ1) is 52.2. The summed E-state index contributed by atoms with van der Waals surface area (Å²) in [5, 5.41) is 68.2. The molecule has 4 aliphatic heterocycles. The van der Waals surface area contributed by atoms with Gasteiger partial charge in [-0.3, -0.25) is 24.3 Å². The van der Waals surface area contributed by atoms with Crippen molar-refractivity contribution in [3.8, 4) is 28.7 Å². The summed E-state index contributed by atoms with van der Waals surface area (Å²) in [6, 6.07) is 7.62. The third-order valence-corrected chi connectivity index (χ3v) is 13.9. The van der Waals surface area contributed by atoms with E-state index in [1.165, 1.54) is 59.4 Å². The molecule has 374 valence electrons. The fourth-order valence-corrected chi connectivity index (χ4v) is 9.77. The van der Waals surface area contributed by atoms with Crippen LogP contribution in [0.1, 0.15) is 89.4 Å². The average Bonchev–Trinajstić information content (AvgIpc) is 3.57. The molecule has 4 aliphatic rings. The van der Waals surface area contributed by atoms with E-state index in [2.05, 4.69) is 10.2 Å². The van der Waals surface area contributed by atoms with E-state index >= 15 is 0 Å². The Kier molecular flexibility index (Phi) is 16.1. The third-order valence-electron chi connectivity index (χ3n) is 13.9. The number of benzene rings is 3. The highest BCUT2D eigenvalue weighted by Gasteiger charge is 2.50. The first-order chi connectivity index (χ1) is 32.5. The molecule has 7 rings (SSSR count). The highest BCUT2D eigenvalue weighted by Crippen LogP contribution is 2.55. The average molecular weight is 957 g/mol. The highest BCUT2D eigenvalue weighted by molar-refractivity contribution is 6.23. The van der Waals surface area contributed by atoms with E-state index in [1.807, 2.05) is 43.1 Å². The van der Waals surface area contributed by atoms with Crippen molar-refractivity contribution in [1.29, 1.82) is 0 Å². The molecule has 5 bridgehead atoms. The Bertz CT molecular complexity index is 2530. The predicted molar refractivity (Wildman–Crippen MR) is 260 cm³/mol. The number of phenols is 3. The van der Waals surface area contributed by atoms with Crippen molar-refractivity contribution >= 4 is 40.3 Å². The maximum Gasteiger partial charge on any atom is 0.312 e. The highest BCUT2D eigenvalue weighted by atomic mass is 16.7. The molecule has 1 fully saturated rings. The van der Waals surface area contributed by atoms with Crippen molar-refractivity contribution in [2.45, 2.75) is 118 Å². The molecule has 0 radical (unpaired) electrons. The van der Waals surface area contributed by atoms with Crippen LogP contribution in [0, 0.1) is 30.6 Å². The number of hydrogen-bond acceptors (Lipinski definition) is 16. The lowest BCUT2D eigenvalue weighted by atomic mass is 9.78. The summed E-state index contributed by atoms with van der Waals surface area (Å²) >= 11 is 0. The minimum absolute atomic E-state index is 0.0446. The molecule has 69 heavy (non-hydrogen) atoms. The van der Waals surface area contributed by atoms with E-state index < -0.39 is 88.8 Å². The fraction of sp³-hybridized carbons (Fsp3) is 0.500. The van der Waals surface area contributed by atoms with Crippen molar-refractivity contribution in [3.05, 3.63) is 82.7 Å². The number of carbonyl (C=O) groups excluding carboxylic acids is 3. The number of ketones is 1. The number of carbonyl (C=O) groups is 3. The first-order valence-electron chi connectivity index (χ1n) is 23.3. The number of hydrazone groups is 1. The molecule has 17 heteroatoms. The second-order valence-corrected chi connectivity index (χ2v) is 19.0. The molecule has 6 N–H and O–H groups in total. The van der Waals surface area contributed by atoms with Gasteiger partial charge < -0.3 is 54.5 Å². The van der Waals surface area contributed by atoms with Crippen LogP contribution in [0.25, 0.3) is 10.8 Å². The number of hydrogen-bond donors (Lipinski definition) is 6. The number of Topliss-reactive ketones (excluding diaryl/α,β-unsaturated/α-hetero) is 1. The van der Waals surface area contributed by atoms with Crippen LogP contribution in [-0.4, -0.2) is 129 Å². The number of esters is 1. The maximum atomic E-state index is 14.7. The van der Waals surface area contributed by atoms with E-state index in [-0.39, 0.29) is 56.6 Å². The molecular weight excluding hydrogens is 889 g/mol. The Balaban J connectivity index is 1.47. The number of nitrogens with one attached hydrogen (secondary N) is 1. The van der Waals surface area contributed by atoms with E-state index in [0.29, 0.717) is 19.6 Å². The molecule has 17 nitrogen and oxygen atoms in total. The topological polar surface area (TPSA) is 229 Å².